The van der Waals surface area contributed by atoms with Gasteiger partial charge in [-0.2, -0.15) is 35.9 Å². The van der Waals surface area contributed by atoms with Crippen molar-refractivity contribution < 1.29 is 31.5 Å². The standard InChI is InChI=1S/C20H20F3N5O4S/c1-13-7-27(12-20(21,22)23)25-18(13)33(31,32)28-9-15-8-26(10-17(15)24-28)19(30)16(11-29)14-5-3-2-4-6-14/h2-7,9,16,29H,8,10-12H2,1H3/t16-/m0/s1. The molecule has 1 amide bonds. The number of carbonyl (C=O) groups excluding carboxylic acids is 1. The lowest BCUT2D eigenvalue weighted by atomic mass is 9.98. The van der Waals surface area contributed by atoms with Crippen molar-refractivity contribution in [3.05, 3.63) is 65.1 Å². The lowest BCUT2D eigenvalue weighted by molar-refractivity contribution is -0.142. The van der Waals surface area contributed by atoms with Gasteiger partial charge in [-0.05, 0) is 12.5 Å². The Kier molecular flexibility index (Phi) is 5.78. The zero-order valence-electron chi connectivity index (χ0n) is 17.4. The Morgan fingerprint density at radius 1 is 1.15 bits per heavy atom. The molecule has 33 heavy (non-hydrogen) atoms. The Morgan fingerprint density at radius 3 is 2.45 bits per heavy atom. The van der Waals surface area contributed by atoms with Crippen molar-refractivity contribution in [2.45, 2.75) is 43.7 Å². The minimum atomic E-state index is -4.55. The Labute approximate surface area is 187 Å². The number of amides is 1. The quantitative estimate of drug-likeness (QED) is 0.573. The molecule has 4 rings (SSSR count). The number of aromatic nitrogens is 4. The van der Waals surface area contributed by atoms with Crippen LogP contribution in [0.1, 0.15) is 28.3 Å². The molecule has 0 saturated heterocycles. The van der Waals surface area contributed by atoms with Crippen molar-refractivity contribution in [2.75, 3.05) is 6.61 Å². The number of hydrogen-bond acceptors (Lipinski definition) is 6. The van der Waals surface area contributed by atoms with Gasteiger partial charge in [0.1, 0.15) is 6.54 Å². The molecule has 1 atom stereocenters. The van der Waals surface area contributed by atoms with E-state index in [0.29, 0.717) is 25.6 Å². The summed E-state index contributed by atoms with van der Waals surface area (Å²) in [5, 5.41) is 16.9. The largest absolute Gasteiger partial charge is 0.408 e. The maximum absolute atomic E-state index is 12.9. The van der Waals surface area contributed by atoms with E-state index in [0.717, 1.165) is 6.20 Å². The highest BCUT2D eigenvalue weighted by Gasteiger charge is 2.35. The molecule has 0 spiro atoms. The molecule has 1 aliphatic rings. The number of benzene rings is 1. The van der Waals surface area contributed by atoms with Crippen molar-refractivity contribution in [1.29, 1.82) is 0 Å². The fraction of sp³-hybridized carbons (Fsp3) is 0.350. The van der Waals surface area contributed by atoms with Crippen LogP contribution in [-0.4, -0.2) is 56.1 Å². The average molecular weight is 483 g/mol. The highest BCUT2D eigenvalue weighted by Crippen LogP contribution is 2.28. The first-order chi connectivity index (χ1) is 15.5. The predicted octanol–water partition coefficient (Wildman–Crippen LogP) is 1.81. The molecule has 2 aromatic heterocycles. The van der Waals surface area contributed by atoms with Crippen LogP contribution in [0.25, 0.3) is 0 Å². The lowest BCUT2D eigenvalue weighted by Crippen LogP contribution is -2.33. The second-order valence-corrected chi connectivity index (χ2v) is 9.46. The Morgan fingerprint density at radius 2 is 1.85 bits per heavy atom. The monoisotopic (exact) mass is 483 g/mol. The lowest BCUT2D eigenvalue weighted by Gasteiger charge is -2.22. The third kappa shape index (κ3) is 4.50. The molecule has 3 aromatic rings. The number of carbonyl (C=O) groups is 1. The van der Waals surface area contributed by atoms with Crippen molar-refractivity contribution in [3.8, 4) is 0 Å². The summed E-state index contributed by atoms with van der Waals surface area (Å²) in [7, 11) is -4.32. The molecule has 176 valence electrons. The van der Waals surface area contributed by atoms with Gasteiger partial charge in [-0.1, -0.05) is 30.3 Å². The van der Waals surface area contributed by atoms with Crippen LogP contribution in [0.5, 0.6) is 0 Å². The Bertz CT molecular complexity index is 1260. The Balaban J connectivity index is 1.53. The minimum Gasteiger partial charge on any atom is -0.395 e. The summed E-state index contributed by atoms with van der Waals surface area (Å²) in [6, 6.07) is 8.79. The zero-order valence-corrected chi connectivity index (χ0v) is 18.2. The zero-order chi connectivity index (χ0) is 24.0. The fourth-order valence-electron chi connectivity index (χ4n) is 3.75. The van der Waals surface area contributed by atoms with Crippen molar-refractivity contribution in [2.24, 2.45) is 0 Å². The van der Waals surface area contributed by atoms with Crippen LogP contribution in [0.3, 0.4) is 0 Å². The summed E-state index contributed by atoms with van der Waals surface area (Å²) in [6.07, 6.45) is -2.30. The molecule has 3 heterocycles. The number of nitrogens with zero attached hydrogens (tertiary/aromatic N) is 5. The van der Waals surface area contributed by atoms with Crippen LogP contribution < -0.4 is 0 Å². The Hall–Kier alpha value is -3.19. The van der Waals surface area contributed by atoms with Crippen LogP contribution >= 0.6 is 0 Å². The van der Waals surface area contributed by atoms with Gasteiger partial charge in [0.15, 0.2) is 0 Å². The minimum absolute atomic E-state index is 0.0432. The van der Waals surface area contributed by atoms with Gasteiger partial charge < -0.3 is 10.0 Å². The molecular weight excluding hydrogens is 463 g/mol. The molecule has 0 unspecified atom stereocenters. The van der Waals surface area contributed by atoms with Crippen LogP contribution in [0.2, 0.25) is 0 Å². The fourth-order valence-corrected chi connectivity index (χ4v) is 5.07. The highest BCUT2D eigenvalue weighted by atomic mass is 32.2. The van der Waals surface area contributed by atoms with Gasteiger partial charge in [0.05, 0.1) is 24.8 Å². The first-order valence-electron chi connectivity index (χ1n) is 9.88. The maximum Gasteiger partial charge on any atom is 0.408 e. The maximum atomic E-state index is 12.9. The van der Waals surface area contributed by atoms with E-state index in [2.05, 4.69) is 10.2 Å². The molecule has 1 N–H and O–H groups in total. The smallest absolute Gasteiger partial charge is 0.395 e. The van der Waals surface area contributed by atoms with E-state index >= 15 is 0 Å². The topological polar surface area (TPSA) is 110 Å². The molecule has 9 nitrogen and oxygen atoms in total. The number of aliphatic hydroxyl groups is 1. The summed E-state index contributed by atoms with van der Waals surface area (Å²) in [5.41, 5.74) is 1.56. The third-order valence-corrected chi connectivity index (χ3v) is 6.86. The summed E-state index contributed by atoms with van der Waals surface area (Å²) in [5.74, 6) is -1.08. The summed E-state index contributed by atoms with van der Waals surface area (Å²) >= 11 is 0. The van der Waals surface area contributed by atoms with Crippen LogP contribution in [0.15, 0.2) is 47.8 Å². The first-order valence-corrected chi connectivity index (χ1v) is 11.3. The van der Waals surface area contributed by atoms with Gasteiger partial charge in [-0.25, -0.2) is 0 Å². The molecule has 0 aliphatic carbocycles. The normalized spacial score (nSPS) is 15.0. The number of alkyl halides is 3. The van der Waals surface area contributed by atoms with Gasteiger partial charge in [-0.3, -0.25) is 9.48 Å². The number of fused-ring (bicyclic) bond motifs is 1. The molecule has 0 bridgehead atoms. The molecule has 0 radical (unpaired) electrons. The van der Waals surface area contributed by atoms with Crippen LogP contribution in [0.4, 0.5) is 13.2 Å². The number of aliphatic hydroxyl groups excluding tert-OH is 1. The second kappa shape index (κ2) is 8.30. The summed E-state index contributed by atoms with van der Waals surface area (Å²) in [6.45, 7) is -0.312. The van der Waals surface area contributed by atoms with Crippen molar-refractivity contribution >= 4 is 15.9 Å². The van der Waals surface area contributed by atoms with E-state index in [4.69, 9.17) is 0 Å². The van der Waals surface area contributed by atoms with Gasteiger partial charge in [0.25, 0.3) is 0 Å². The van der Waals surface area contributed by atoms with Gasteiger partial charge in [0, 0.05) is 30.1 Å². The van der Waals surface area contributed by atoms with Crippen LogP contribution in [0, 0.1) is 6.92 Å². The number of halogens is 3. The predicted molar refractivity (Wildman–Crippen MR) is 108 cm³/mol. The van der Waals surface area contributed by atoms with Crippen LogP contribution in [-0.2, 0) is 34.5 Å². The average Bonchev–Trinajstić information content (AvgIpc) is 3.41. The summed E-state index contributed by atoms with van der Waals surface area (Å²) < 4.78 is 64.9. The van der Waals surface area contributed by atoms with Gasteiger partial charge in [-0.15, -0.1) is 0 Å². The summed E-state index contributed by atoms with van der Waals surface area (Å²) in [4.78, 5) is 14.4. The van der Waals surface area contributed by atoms with Crippen molar-refractivity contribution in [3.63, 3.8) is 0 Å². The van der Waals surface area contributed by atoms with Gasteiger partial charge in [0.2, 0.25) is 10.9 Å². The number of hydrogen-bond donors (Lipinski definition) is 1. The molecule has 1 aliphatic heterocycles. The van der Waals surface area contributed by atoms with E-state index in [-0.39, 0.29) is 31.2 Å². The third-order valence-electron chi connectivity index (χ3n) is 5.28. The van der Waals surface area contributed by atoms with E-state index in [1.165, 1.54) is 18.0 Å². The molecule has 0 fully saturated rings. The number of rotatable bonds is 6. The number of aryl methyl sites for hydroxylation is 1. The van der Waals surface area contributed by atoms with Crippen molar-refractivity contribution in [1.82, 2.24) is 23.9 Å². The van der Waals surface area contributed by atoms with Gasteiger partial charge >= 0.3 is 16.2 Å². The highest BCUT2D eigenvalue weighted by molar-refractivity contribution is 7.89. The molecule has 13 heteroatoms. The molecule has 0 saturated carbocycles. The van der Waals surface area contributed by atoms with E-state index in [1.54, 1.807) is 30.3 Å². The first kappa shape index (κ1) is 23.0. The second-order valence-electron chi connectivity index (χ2n) is 7.75. The van der Waals surface area contributed by atoms with E-state index < -0.39 is 33.7 Å². The molecular formula is C20H20F3N5O4S. The van der Waals surface area contributed by atoms with E-state index in [9.17, 15) is 31.5 Å². The molecule has 1 aromatic carbocycles. The SMILES string of the molecule is Cc1cn(CC(F)(F)F)nc1S(=O)(=O)n1cc2c(n1)CN(C(=O)[C@@H](CO)c1ccccc1)C2. The van der Waals surface area contributed by atoms with E-state index in [1.807, 2.05) is 0 Å².